The van der Waals surface area contributed by atoms with Crippen LogP contribution in [0.5, 0.6) is 0 Å². The molecule has 1 saturated heterocycles. The molecule has 1 aromatic carbocycles. The van der Waals surface area contributed by atoms with Crippen LogP contribution in [0.25, 0.3) is 10.9 Å². The summed E-state index contributed by atoms with van der Waals surface area (Å²) < 4.78 is 26.9. The van der Waals surface area contributed by atoms with E-state index in [0.717, 1.165) is 43.2 Å². The van der Waals surface area contributed by atoms with Gasteiger partial charge in [0.05, 0.1) is 17.5 Å². The van der Waals surface area contributed by atoms with Gasteiger partial charge >= 0.3 is 5.97 Å². The molecule has 1 unspecified atom stereocenters. The number of nitrogens with zero attached hydrogens (tertiary/aromatic N) is 2. The van der Waals surface area contributed by atoms with Gasteiger partial charge in [-0.25, -0.2) is 4.68 Å². The average Bonchev–Trinajstić information content (AvgIpc) is 2.97. The average molecular weight is 348 g/mol. The van der Waals surface area contributed by atoms with Crippen LogP contribution < -0.4 is 0 Å². The summed E-state index contributed by atoms with van der Waals surface area (Å²) in [6.07, 6.45) is 5.45. The van der Waals surface area contributed by atoms with Crippen molar-refractivity contribution in [1.82, 2.24) is 9.78 Å². The van der Waals surface area contributed by atoms with Crippen molar-refractivity contribution in [2.75, 3.05) is 13.2 Å². The van der Waals surface area contributed by atoms with Crippen molar-refractivity contribution in [3.05, 3.63) is 29.7 Å². The van der Waals surface area contributed by atoms with Crippen LogP contribution in [-0.2, 0) is 20.7 Å². The molecule has 0 radical (unpaired) electrons. The fourth-order valence-electron chi connectivity index (χ4n) is 3.38. The summed E-state index contributed by atoms with van der Waals surface area (Å²) in [4.78, 5) is 11.4. The highest BCUT2D eigenvalue weighted by atomic mass is 19.1. The number of carbonyl (C=O) groups is 1. The van der Waals surface area contributed by atoms with Crippen molar-refractivity contribution < 1.29 is 18.7 Å². The summed E-state index contributed by atoms with van der Waals surface area (Å²) in [6.45, 7) is 2.90. The molecule has 6 heteroatoms. The normalized spacial score (nSPS) is 17.8. The van der Waals surface area contributed by atoms with Crippen molar-refractivity contribution in [3.8, 4) is 0 Å². The SMILES string of the molecule is CCOC(=O)CCCCc1cccc2c1c(F)nn2C1CCCCO1. The van der Waals surface area contributed by atoms with E-state index in [4.69, 9.17) is 9.47 Å². The number of unbranched alkanes of at least 4 members (excludes halogenated alkanes) is 1. The number of fused-ring (bicyclic) bond motifs is 1. The van der Waals surface area contributed by atoms with Gasteiger partial charge in [0.1, 0.15) is 0 Å². The van der Waals surface area contributed by atoms with Gasteiger partial charge in [-0.15, -0.1) is 5.10 Å². The predicted molar refractivity (Wildman–Crippen MR) is 92.7 cm³/mol. The number of hydrogen-bond acceptors (Lipinski definition) is 4. The van der Waals surface area contributed by atoms with Crippen LogP contribution >= 0.6 is 0 Å². The Morgan fingerprint density at radius 2 is 2.28 bits per heavy atom. The number of aromatic nitrogens is 2. The third-order valence-electron chi connectivity index (χ3n) is 4.59. The molecule has 0 spiro atoms. The lowest BCUT2D eigenvalue weighted by Crippen LogP contribution is -2.19. The zero-order valence-corrected chi connectivity index (χ0v) is 14.7. The molecule has 0 aliphatic carbocycles. The van der Waals surface area contributed by atoms with Crippen LogP contribution in [0.4, 0.5) is 4.39 Å². The van der Waals surface area contributed by atoms with Crippen molar-refractivity contribution in [1.29, 1.82) is 0 Å². The highest BCUT2D eigenvalue weighted by molar-refractivity contribution is 5.83. The molecule has 0 amide bonds. The minimum atomic E-state index is -0.440. The van der Waals surface area contributed by atoms with E-state index < -0.39 is 5.95 Å². The Morgan fingerprint density at radius 1 is 1.40 bits per heavy atom. The second-order valence-electron chi connectivity index (χ2n) is 6.38. The molecule has 1 aromatic heterocycles. The Morgan fingerprint density at radius 3 is 3.04 bits per heavy atom. The summed E-state index contributed by atoms with van der Waals surface area (Å²) in [7, 11) is 0. The highest BCUT2D eigenvalue weighted by Gasteiger charge is 2.22. The molecule has 1 atom stereocenters. The summed E-state index contributed by atoms with van der Waals surface area (Å²) >= 11 is 0. The lowest BCUT2D eigenvalue weighted by atomic mass is 10.0. The van der Waals surface area contributed by atoms with E-state index in [0.29, 0.717) is 31.4 Å². The number of carbonyl (C=O) groups excluding carboxylic acids is 1. The molecule has 3 rings (SSSR count). The smallest absolute Gasteiger partial charge is 0.305 e. The fraction of sp³-hybridized carbons (Fsp3) is 0.579. The number of aryl methyl sites for hydroxylation is 1. The molecule has 1 fully saturated rings. The Hall–Kier alpha value is -1.95. The molecule has 0 N–H and O–H groups in total. The predicted octanol–water partition coefficient (Wildman–Crippen LogP) is 4.15. The van der Waals surface area contributed by atoms with Gasteiger partial charge in [-0.2, -0.15) is 4.39 Å². The maximum absolute atomic E-state index is 14.5. The number of halogens is 1. The molecule has 1 aliphatic rings. The molecule has 0 saturated carbocycles. The highest BCUT2D eigenvalue weighted by Crippen LogP contribution is 2.30. The number of rotatable bonds is 7. The quantitative estimate of drug-likeness (QED) is 0.557. The van der Waals surface area contributed by atoms with E-state index >= 15 is 0 Å². The van der Waals surface area contributed by atoms with Gasteiger partial charge in [0.2, 0.25) is 5.95 Å². The van der Waals surface area contributed by atoms with Gasteiger partial charge < -0.3 is 9.47 Å². The monoisotopic (exact) mass is 348 g/mol. The third-order valence-corrected chi connectivity index (χ3v) is 4.59. The third kappa shape index (κ3) is 4.18. The molecular formula is C19H25FN2O3. The lowest BCUT2D eigenvalue weighted by Gasteiger charge is -2.23. The van der Waals surface area contributed by atoms with Gasteiger partial charge in [0, 0.05) is 13.0 Å². The minimum Gasteiger partial charge on any atom is -0.466 e. The fourth-order valence-corrected chi connectivity index (χ4v) is 3.38. The summed E-state index contributed by atoms with van der Waals surface area (Å²) in [5.74, 6) is -0.612. The van der Waals surface area contributed by atoms with Gasteiger partial charge in [0.15, 0.2) is 6.23 Å². The molecule has 0 bridgehead atoms. The maximum Gasteiger partial charge on any atom is 0.305 e. The van der Waals surface area contributed by atoms with Crippen molar-refractivity contribution in [2.24, 2.45) is 0 Å². The molecule has 1 aliphatic heterocycles. The van der Waals surface area contributed by atoms with Crippen LogP contribution in [0, 0.1) is 5.95 Å². The number of benzene rings is 1. The van der Waals surface area contributed by atoms with E-state index in [-0.39, 0.29) is 12.2 Å². The molecule has 2 aromatic rings. The number of hydrogen-bond donors (Lipinski definition) is 0. The first-order valence-electron chi connectivity index (χ1n) is 9.13. The van der Waals surface area contributed by atoms with Crippen LogP contribution in [0.1, 0.15) is 57.2 Å². The maximum atomic E-state index is 14.5. The van der Waals surface area contributed by atoms with Gasteiger partial charge in [-0.05, 0) is 57.1 Å². The van der Waals surface area contributed by atoms with Crippen molar-refractivity contribution in [3.63, 3.8) is 0 Å². The van der Waals surface area contributed by atoms with Gasteiger partial charge in [0.25, 0.3) is 0 Å². The first-order chi connectivity index (χ1) is 12.2. The van der Waals surface area contributed by atoms with Crippen molar-refractivity contribution >= 4 is 16.9 Å². The second kappa shape index (κ2) is 8.43. The van der Waals surface area contributed by atoms with Crippen molar-refractivity contribution in [2.45, 2.75) is 58.1 Å². The first kappa shape index (κ1) is 17.9. The Kier molecular flexibility index (Phi) is 6.02. The Balaban J connectivity index is 1.71. The summed E-state index contributed by atoms with van der Waals surface area (Å²) in [6, 6.07) is 5.76. The lowest BCUT2D eigenvalue weighted by molar-refractivity contribution is -0.143. The van der Waals surface area contributed by atoms with E-state index in [1.165, 1.54) is 0 Å². The molecule has 2 heterocycles. The molecule has 25 heavy (non-hydrogen) atoms. The van der Waals surface area contributed by atoms with E-state index in [9.17, 15) is 9.18 Å². The molecule has 5 nitrogen and oxygen atoms in total. The van der Waals surface area contributed by atoms with E-state index in [1.54, 1.807) is 11.6 Å². The van der Waals surface area contributed by atoms with Crippen LogP contribution in [0.2, 0.25) is 0 Å². The Bertz CT molecular complexity index is 723. The minimum absolute atomic E-state index is 0.172. The summed E-state index contributed by atoms with van der Waals surface area (Å²) in [5, 5.41) is 4.68. The van der Waals surface area contributed by atoms with Crippen LogP contribution in [0.3, 0.4) is 0 Å². The zero-order valence-electron chi connectivity index (χ0n) is 14.7. The number of esters is 1. The standard InChI is InChI=1S/C19H25FN2O3/c1-2-24-17(23)12-4-3-8-14-9-7-10-15-18(14)19(20)21-22(15)16-11-5-6-13-25-16/h7,9-10,16H,2-6,8,11-13H2,1H3. The molecular weight excluding hydrogens is 323 g/mol. The summed E-state index contributed by atoms with van der Waals surface area (Å²) in [5.41, 5.74) is 1.72. The van der Waals surface area contributed by atoms with Gasteiger partial charge in [-0.1, -0.05) is 12.1 Å². The molecule has 136 valence electrons. The van der Waals surface area contributed by atoms with Crippen LogP contribution in [0.15, 0.2) is 18.2 Å². The van der Waals surface area contributed by atoms with Gasteiger partial charge in [-0.3, -0.25) is 4.79 Å². The zero-order chi connectivity index (χ0) is 17.6. The topological polar surface area (TPSA) is 53.3 Å². The first-order valence-corrected chi connectivity index (χ1v) is 9.13. The number of ether oxygens (including phenoxy) is 2. The van der Waals surface area contributed by atoms with E-state index in [2.05, 4.69) is 5.10 Å². The van der Waals surface area contributed by atoms with Crippen LogP contribution in [-0.4, -0.2) is 29.0 Å². The second-order valence-corrected chi connectivity index (χ2v) is 6.38. The Labute approximate surface area is 147 Å². The van der Waals surface area contributed by atoms with E-state index in [1.807, 2.05) is 18.2 Å². The largest absolute Gasteiger partial charge is 0.466 e.